The van der Waals surface area contributed by atoms with Gasteiger partial charge in [-0.15, -0.1) is 0 Å². The number of carbonyl (C=O) groups is 1. The maximum Gasteiger partial charge on any atom is 0.223 e. The van der Waals surface area contributed by atoms with Gasteiger partial charge in [0, 0.05) is 19.1 Å². The normalized spacial score (nSPS) is 16.5. The Kier molecular flexibility index (Phi) is 3.36. The molecule has 0 aliphatic heterocycles. The number of unbranched alkanes of at least 4 members (excludes halogenated alkanes) is 1. The maximum absolute atomic E-state index is 11.0. The van der Waals surface area contributed by atoms with Crippen LogP contribution in [0.4, 0.5) is 0 Å². The predicted octanol–water partition coefficient (Wildman–Crippen LogP) is 0.285. The summed E-state index contributed by atoms with van der Waals surface area (Å²) in [5.74, 6) is 0.507. The lowest BCUT2D eigenvalue weighted by molar-refractivity contribution is -0.122. The molecule has 1 aliphatic rings. The van der Waals surface area contributed by atoms with E-state index in [2.05, 4.69) is 5.32 Å². The molecule has 1 amide bonds. The van der Waals surface area contributed by atoms with E-state index in [0.717, 1.165) is 32.2 Å². The fraction of sp³-hybridized carbons (Fsp3) is 0.875. The Hall–Kier alpha value is -0.570. The van der Waals surface area contributed by atoms with Crippen molar-refractivity contribution < 1.29 is 9.90 Å². The molecule has 2 N–H and O–H groups in total. The van der Waals surface area contributed by atoms with E-state index in [1.54, 1.807) is 0 Å². The average molecular weight is 157 g/mol. The second kappa shape index (κ2) is 4.34. The molecule has 0 bridgehead atoms. The molecule has 0 saturated heterocycles. The monoisotopic (exact) mass is 157 g/mol. The second-order valence-corrected chi connectivity index (χ2v) is 3.00. The average Bonchev–Trinajstić information content (AvgIpc) is 2.79. The lowest BCUT2D eigenvalue weighted by Gasteiger charge is -2.01. The van der Waals surface area contributed by atoms with Crippen molar-refractivity contribution in [3.05, 3.63) is 0 Å². The predicted molar refractivity (Wildman–Crippen MR) is 42.1 cm³/mol. The van der Waals surface area contributed by atoms with Gasteiger partial charge in [0.15, 0.2) is 0 Å². The Morgan fingerprint density at radius 1 is 1.45 bits per heavy atom. The molecule has 1 fully saturated rings. The molecule has 0 spiro atoms. The van der Waals surface area contributed by atoms with Gasteiger partial charge in [0.05, 0.1) is 0 Å². The summed E-state index contributed by atoms with van der Waals surface area (Å²) in [7, 11) is 0. The van der Waals surface area contributed by atoms with Crippen LogP contribution in [0, 0.1) is 5.92 Å². The van der Waals surface area contributed by atoms with E-state index in [1.807, 2.05) is 0 Å². The van der Waals surface area contributed by atoms with Crippen LogP contribution in [0.15, 0.2) is 0 Å². The van der Waals surface area contributed by atoms with Crippen LogP contribution in [-0.4, -0.2) is 24.2 Å². The first kappa shape index (κ1) is 8.53. The van der Waals surface area contributed by atoms with Crippen molar-refractivity contribution in [3.8, 4) is 0 Å². The van der Waals surface area contributed by atoms with Crippen LogP contribution in [0.2, 0.25) is 0 Å². The number of amides is 1. The third-order valence-electron chi connectivity index (χ3n) is 1.83. The van der Waals surface area contributed by atoms with E-state index in [4.69, 9.17) is 5.11 Å². The number of hydrogen-bond acceptors (Lipinski definition) is 2. The summed E-state index contributed by atoms with van der Waals surface area (Å²) in [5.41, 5.74) is 0. The minimum absolute atomic E-state index is 0.197. The molecule has 1 saturated carbocycles. The quantitative estimate of drug-likeness (QED) is 0.563. The maximum atomic E-state index is 11.0. The summed E-state index contributed by atoms with van der Waals surface area (Å²) in [4.78, 5) is 11.0. The van der Waals surface area contributed by atoms with Gasteiger partial charge in [-0.25, -0.2) is 0 Å². The molecule has 3 heteroatoms. The van der Waals surface area contributed by atoms with Crippen molar-refractivity contribution in [1.29, 1.82) is 0 Å². The van der Waals surface area contributed by atoms with Crippen molar-refractivity contribution in [2.75, 3.05) is 13.2 Å². The molecule has 0 aromatic rings. The smallest absolute Gasteiger partial charge is 0.223 e. The van der Waals surface area contributed by atoms with E-state index in [9.17, 15) is 4.79 Å². The first-order valence-corrected chi connectivity index (χ1v) is 4.23. The van der Waals surface area contributed by atoms with Gasteiger partial charge in [-0.1, -0.05) is 0 Å². The van der Waals surface area contributed by atoms with E-state index in [1.165, 1.54) is 0 Å². The van der Waals surface area contributed by atoms with E-state index >= 15 is 0 Å². The van der Waals surface area contributed by atoms with Gasteiger partial charge < -0.3 is 10.4 Å². The van der Waals surface area contributed by atoms with Gasteiger partial charge in [-0.2, -0.15) is 0 Å². The summed E-state index contributed by atoms with van der Waals surface area (Å²) >= 11 is 0. The first-order valence-electron chi connectivity index (χ1n) is 4.23. The van der Waals surface area contributed by atoms with Gasteiger partial charge in [-0.05, 0) is 25.7 Å². The largest absolute Gasteiger partial charge is 0.396 e. The summed E-state index contributed by atoms with van der Waals surface area (Å²) < 4.78 is 0. The minimum Gasteiger partial charge on any atom is -0.396 e. The zero-order valence-electron chi connectivity index (χ0n) is 6.68. The molecule has 11 heavy (non-hydrogen) atoms. The second-order valence-electron chi connectivity index (χ2n) is 3.00. The minimum atomic E-state index is 0.197. The highest BCUT2D eigenvalue weighted by Crippen LogP contribution is 2.28. The number of hydrogen-bond donors (Lipinski definition) is 2. The SMILES string of the molecule is O=C(NCCCCO)C1CC1. The molecule has 0 aromatic heterocycles. The molecule has 0 radical (unpaired) electrons. The van der Waals surface area contributed by atoms with E-state index in [-0.39, 0.29) is 12.5 Å². The number of nitrogens with one attached hydrogen (secondary N) is 1. The first-order chi connectivity index (χ1) is 5.34. The lowest BCUT2D eigenvalue weighted by atomic mass is 10.3. The third kappa shape index (κ3) is 3.37. The third-order valence-corrected chi connectivity index (χ3v) is 1.83. The molecule has 0 unspecified atom stereocenters. The Morgan fingerprint density at radius 3 is 2.73 bits per heavy atom. The zero-order valence-corrected chi connectivity index (χ0v) is 6.68. The fourth-order valence-electron chi connectivity index (χ4n) is 0.938. The van der Waals surface area contributed by atoms with E-state index < -0.39 is 0 Å². The number of aliphatic hydroxyl groups excluding tert-OH is 1. The topological polar surface area (TPSA) is 49.3 Å². The molecule has 1 rings (SSSR count). The van der Waals surface area contributed by atoms with Crippen molar-refractivity contribution in [1.82, 2.24) is 5.32 Å². The van der Waals surface area contributed by atoms with Crippen LogP contribution in [0.5, 0.6) is 0 Å². The molecule has 0 atom stereocenters. The zero-order chi connectivity index (χ0) is 8.10. The molecule has 1 aliphatic carbocycles. The van der Waals surface area contributed by atoms with Crippen LogP contribution in [-0.2, 0) is 4.79 Å². The van der Waals surface area contributed by atoms with E-state index in [0.29, 0.717) is 5.92 Å². The van der Waals surface area contributed by atoms with Gasteiger partial charge >= 0.3 is 0 Å². The summed E-state index contributed by atoms with van der Waals surface area (Å²) in [6.45, 7) is 0.940. The van der Waals surface area contributed by atoms with Crippen molar-refractivity contribution in [2.24, 2.45) is 5.92 Å². The van der Waals surface area contributed by atoms with Crippen molar-refractivity contribution in [2.45, 2.75) is 25.7 Å². The Bertz CT molecular complexity index is 132. The van der Waals surface area contributed by atoms with Gasteiger partial charge in [0.2, 0.25) is 5.91 Å². The molecule has 3 nitrogen and oxygen atoms in total. The van der Waals surface area contributed by atoms with Crippen LogP contribution in [0.25, 0.3) is 0 Å². The number of carbonyl (C=O) groups excluding carboxylic acids is 1. The van der Waals surface area contributed by atoms with Crippen LogP contribution < -0.4 is 5.32 Å². The highest BCUT2D eigenvalue weighted by Gasteiger charge is 2.28. The van der Waals surface area contributed by atoms with Crippen LogP contribution in [0.1, 0.15) is 25.7 Å². The summed E-state index contributed by atoms with van der Waals surface area (Å²) in [6.07, 6.45) is 3.79. The molecular weight excluding hydrogens is 142 g/mol. The number of rotatable bonds is 5. The number of aliphatic hydroxyl groups is 1. The molecular formula is C8H15NO2. The van der Waals surface area contributed by atoms with Gasteiger partial charge in [0.1, 0.15) is 0 Å². The van der Waals surface area contributed by atoms with Crippen molar-refractivity contribution >= 4 is 5.91 Å². The van der Waals surface area contributed by atoms with Gasteiger partial charge in [-0.3, -0.25) is 4.79 Å². The van der Waals surface area contributed by atoms with Crippen molar-refractivity contribution in [3.63, 3.8) is 0 Å². The highest BCUT2D eigenvalue weighted by molar-refractivity contribution is 5.80. The Labute approximate surface area is 66.8 Å². The molecule has 0 aromatic carbocycles. The molecule has 0 heterocycles. The standard InChI is InChI=1S/C8H15NO2/c10-6-2-1-5-9-8(11)7-3-4-7/h7,10H,1-6H2,(H,9,11). The Balaban J connectivity index is 1.89. The Morgan fingerprint density at radius 2 is 2.18 bits per heavy atom. The summed E-state index contributed by atoms with van der Waals surface area (Å²) in [5, 5.41) is 11.3. The van der Waals surface area contributed by atoms with Gasteiger partial charge in [0.25, 0.3) is 0 Å². The van der Waals surface area contributed by atoms with Crippen LogP contribution in [0.3, 0.4) is 0 Å². The summed E-state index contributed by atoms with van der Waals surface area (Å²) in [6, 6.07) is 0. The lowest BCUT2D eigenvalue weighted by Crippen LogP contribution is -2.25. The van der Waals surface area contributed by atoms with Crippen LogP contribution >= 0.6 is 0 Å². The highest BCUT2D eigenvalue weighted by atomic mass is 16.2. The fourth-order valence-corrected chi connectivity index (χ4v) is 0.938. The molecule has 64 valence electrons.